The maximum Gasteiger partial charge on any atom is 0.263 e. The summed E-state index contributed by atoms with van der Waals surface area (Å²) >= 11 is -3.53. The van der Waals surface area contributed by atoms with Gasteiger partial charge in [0.2, 0.25) is 0 Å². The first-order valence-electron chi connectivity index (χ1n) is 11.2. The minimum atomic E-state index is -1.76. The van der Waals surface area contributed by atoms with E-state index in [1.54, 1.807) is 33.7 Å². The Morgan fingerprint density at radius 2 is 0.833 bits per heavy atom. The highest BCUT2D eigenvalue weighted by Gasteiger charge is 2.22. The van der Waals surface area contributed by atoms with Gasteiger partial charge in [-0.25, -0.2) is 8.42 Å². The zero-order valence-electron chi connectivity index (χ0n) is 18.9. The molecule has 178 valence electrons. The van der Waals surface area contributed by atoms with Crippen LogP contribution in [0.5, 0.6) is 0 Å². The molecule has 2 unspecified atom stereocenters. The summed E-state index contributed by atoms with van der Waals surface area (Å²) in [7, 11) is 0. The van der Waals surface area contributed by atoms with Crippen LogP contribution in [0.25, 0.3) is 33.2 Å². The monoisotopic (exact) mass is 512 g/mol. The van der Waals surface area contributed by atoms with Crippen molar-refractivity contribution in [2.24, 2.45) is 0 Å². The molecule has 0 bridgehead atoms. The Morgan fingerprint density at radius 1 is 0.472 bits per heavy atom. The van der Waals surface area contributed by atoms with Crippen LogP contribution in [0.15, 0.2) is 131 Å². The van der Waals surface area contributed by atoms with Crippen LogP contribution in [-0.4, -0.2) is 17.9 Å². The molecular formula is C28H20N2O4S2. The second kappa shape index (κ2) is 9.49. The van der Waals surface area contributed by atoms with Crippen LogP contribution in [-0.2, 0) is 22.2 Å². The minimum absolute atomic E-state index is 0.545. The topological polar surface area (TPSA) is 62.5 Å². The van der Waals surface area contributed by atoms with E-state index in [2.05, 4.69) is 0 Å². The average molecular weight is 513 g/mol. The summed E-state index contributed by atoms with van der Waals surface area (Å²) < 4.78 is 41.4. The number of aromatic nitrogens is 2. The number of fused-ring (bicyclic) bond motifs is 2. The van der Waals surface area contributed by atoms with Crippen molar-refractivity contribution >= 4 is 44.0 Å². The standard InChI is InChI=1S/C28H20N2O4S2/c31-35(23-13-3-1-4-14-23)33-29-25-17-9-7-11-21(25)19-27(29)28-20-22-12-8-10-18-26(22)30(28)34-36(32)24-15-5-2-6-16-24/h1-20H. The first-order valence-corrected chi connectivity index (χ1v) is 13.4. The molecule has 6 aromatic rings. The molecule has 0 amide bonds. The Kier molecular flexibility index (Phi) is 5.88. The lowest BCUT2D eigenvalue weighted by molar-refractivity contribution is 0.305. The fourth-order valence-corrected chi connectivity index (χ4v) is 5.58. The van der Waals surface area contributed by atoms with E-state index >= 15 is 0 Å². The van der Waals surface area contributed by atoms with Crippen molar-refractivity contribution in [2.45, 2.75) is 9.79 Å². The van der Waals surface area contributed by atoms with E-state index in [1.165, 1.54) is 0 Å². The molecule has 0 fully saturated rings. The molecule has 0 saturated heterocycles. The summed E-state index contributed by atoms with van der Waals surface area (Å²) in [5.41, 5.74) is 2.72. The Labute approximate surface area is 212 Å². The van der Waals surface area contributed by atoms with Crippen LogP contribution in [0.1, 0.15) is 0 Å². The Balaban J connectivity index is 1.51. The summed E-state index contributed by atoms with van der Waals surface area (Å²) in [5.74, 6) is 0. The van der Waals surface area contributed by atoms with Crippen LogP contribution >= 0.6 is 0 Å². The van der Waals surface area contributed by atoms with E-state index in [-0.39, 0.29) is 0 Å². The molecule has 0 aliphatic heterocycles. The molecule has 0 aliphatic rings. The van der Waals surface area contributed by atoms with Crippen LogP contribution < -0.4 is 8.57 Å². The van der Waals surface area contributed by atoms with Crippen molar-refractivity contribution < 1.29 is 17.0 Å². The van der Waals surface area contributed by atoms with E-state index in [9.17, 15) is 8.42 Å². The Bertz CT molecular complexity index is 1600. The van der Waals surface area contributed by atoms with Gasteiger partial charge in [0.25, 0.3) is 22.2 Å². The number of nitrogens with zero attached hydrogens (tertiary/aromatic N) is 2. The summed E-state index contributed by atoms with van der Waals surface area (Å²) in [4.78, 5) is 1.09. The van der Waals surface area contributed by atoms with E-state index < -0.39 is 22.2 Å². The SMILES string of the molecule is O=S(On1c(-c2cc3ccccc3n2OS(=O)c2ccccc2)cc2ccccc21)c1ccccc1. The van der Waals surface area contributed by atoms with E-state index in [1.807, 2.05) is 97.1 Å². The van der Waals surface area contributed by atoms with Crippen LogP contribution in [0.4, 0.5) is 0 Å². The Morgan fingerprint density at radius 3 is 1.25 bits per heavy atom. The molecule has 6 rings (SSSR count). The number of benzene rings is 4. The first kappa shape index (κ1) is 22.3. The molecule has 2 aromatic heterocycles. The number of para-hydroxylation sites is 2. The quantitative estimate of drug-likeness (QED) is 0.281. The zero-order valence-corrected chi connectivity index (χ0v) is 20.5. The van der Waals surface area contributed by atoms with E-state index in [4.69, 9.17) is 8.57 Å². The molecular weight excluding hydrogens is 492 g/mol. The number of hydrogen-bond donors (Lipinski definition) is 0. The van der Waals surface area contributed by atoms with Gasteiger partial charge in [-0.05, 0) is 48.5 Å². The number of hydrogen-bond acceptors (Lipinski definition) is 4. The molecule has 2 atom stereocenters. The van der Waals surface area contributed by atoms with Crippen molar-refractivity contribution in [3.63, 3.8) is 0 Å². The van der Waals surface area contributed by atoms with Gasteiger partial charge in [-0.2, -0.15) is 9.46 Å². The fraction of sp³-hybridized carbons (Fsp3) is 0. The molecule has 6 nitrogen and oxygen atoms in total. The maximum absolute atomic E-state index is 13.1. The van der Waals surface area contributed by atoms with Gasteiger partial charge < -0.3 is 8.57 Å². The lowest BCUT2D eigenvalue weighted by Crippen LogP contribution is -2.19. The van der Waals surface area contributed by atoms with Crippen LogP contribution in [0.3, 0.4) is 0 Å². The lowest BCUT2D eigenvalue weighted by Gasteiger charge is -2.14. The van der Waals surface area contributed by atoms with Crippen LogP contribution in [0, 0.1) is 0 Å². The second-order valence-corrected chi connectivity index (χ2v) is 10.2. The van der Waals surface area contributed by atoms with Crippen LogP contribution in [0.2, 0.25) is 0 Å². The second-order valence-electron chi connectivity index (χ2n) is 8.01. The predicted octanol–water partition coefficient (Wildman–Crippen LogP) is 5.57. The van der Waals surface area contributed by atoms with Crippen molar-refractivity contribution in [2.75, 3.05) is 0 Å². The summed E-state index contributed by atoms with van der Waals surface area (Å²) in [6, 6.07) is 37.3. The molecule has 0 spiro atoms. The normalized spacial score (nSPS) is 13.0. The predicted molar refractivity (Wildman–Crippen MR) is 142 cm³/mol. The van der Waals surface area contributed by atoms with Crippen molar-refractivity contribution in [3.05, 3.63) is 121 Å². The third-order valence-electron chi connectivity index (χ3n) is 5.75. The summed E-state index contributed by atoms with van der Waals surface area (Å²) in [6.45, 7) is 0. The molecule has 36 heavy (non-hydrogen) atoms. The highest BCUT2D eigenvalue weighted by Crippen LogP contribution is 2.32. The Hall–Kier alpha value is -4.14. The highest BCUT2D eigenvalue weighted by atomic mass is 32.2. The van der Waals surface area contributed by atoms with Crippen molar-refractivity contribution in [1.29, 1.82) is 0 Å². The molecule has 0 saturated carbocycles. The number of rotatable bonds is 7. The first-order chi connectivity index (χ1) is 17.7. The van der Waals surface area contributed by atoms with Gasteiger partial charge >= 0.3 is 0 Å². The molecule has 0 aliphatic carbocycles. The fourth-order valence-electron chi connectivity index (χ4n) is 4.06. The molecule has 8 heteroatoms. The molecule has 0 N–H and O–H groups in total. The lowest BCUT2D eigenvalue weighted by atomic mass is 10.2. The third kappa shape index (κ3) is 4.10. The van der Waals surface area contributed by atoms with Gasteiger partial charge in [0.1, 0.15) is 11.4 Å². The van der Waals surface area contributed by atoms with Gasteiger partial charge in [0.15, 0.2) is 0 Å². The van der Waals surface area contributed by atoms with Gasteiger partial charge in [-0.1, -0.05) is 72.8 Å². The molecule has 2 heterocycles. The van der Waals surface area contributed by atoms with Crippen molar-refractivity contribution in [1.82, 2.24) is 9.46 Å². The van der Waals surface area contributed by atoms with Gasteiger partial charge in [0, 0.05) is 10.8 Å². The minimum Gasteiger partial charge on any atom is -0.305 e. The average Bonchev–Trinajstić information content (AvgIpc) is 3.48. The van der Waals surface area contributed by atoms with Gasteiger partial charge in [-0.15, -0.1) is 0 Å². The van der Waals surface area contributed by atoms with Crippen molar-refractivity contribution in [3.8, 4) is 11.4 Å². The molecule has 4 aromatic carbocycles. The largest absolute Gasteiger partial charge is 0.305 e. The van der Waals surface area contributed by atoms with Gasteiger partial charge in [0.05, 0.1) is 20.8 Å². The maximum atomic E-state index is 13.1. The third-order valence-corrected chi connectivity index (χ3v) is 7.63. The van der Waals surface area contributed by atoms with Gasteiger partial charge in [-0.3, -0.25) is 0 Å². The van der Waals surface area contributed by atoms with E-state index in [0.717, 1.165) is 21.8 Å². The highest BCUT2D eigenvalue weighted by molar-refractivity contribution is 7.80. The smallest absolute Gasteiger partial charge is 0.263 e. The molecule has 0 radical (unpaired) electrons. The van der Waals surface area contributed by atoms with E-state index in [0.29, 0.717) is 21.2 Å². The summed E-state index contributed by atoms with van der Waals surface area (Å²) in [6.07, 6.45) is 0. The zero-order chi connectivity index (χ0) is 24.5. The summed E-state index contributed by atoms with van der Waals surface area (Å²) in [5, 5.41) is 1.80.